The quantitative estimate of drug-likeness (QED) is 0.705. The Bertz CT molecular complexity index is 529. The number of aryl methyl sites for hydroxylation is 1. The minimum absolute atomic E-state index is 0.391. The van der Waals surface area contributed by atoms with Crippen molar-refractivity contribution in [2.24, 2.45) is 0 Å². The predicted molar refractivity (Wildman–Crippen MR) is 81.3 cm³/mol. The van der Waals surface area contributed by atoms with Crippen molar-refractivity contribution in [2.45, 2.75) is 26.7 Å². The fourth-order valence-corrected chi connectivity index (χ4v) is 4.38. The molecule has 5 heteroatoms. The third-order valence-corrected chi connectivity index (χ3v) is 5.77. The highest BCUT2D eigenvalue weighted by atomic mass is 79.9. The lowest BCUT2D eigenvalue weighted by Gasteiger charge is -2.23. The van der Waals surface area contributed by atoms with Gasteiger partial charge in [-0.15, -0.1) is 0 Å². The summed E-state index contributed by atoms with van der Waals surface area (Å²) in [5.74, 6) is 0. The maximum absolute atomic E-state index is 12.7. The van der Waals surface area contributed by atoms with Crippen molar-refractivity contribution in [3.8, 4) is 0 Å². The van der Waals surface area contributed by atoms with Crippen LogP contribution in [0.5, 0.6) is 0 Å². The van der Waals surface area contributed by atoms with E-state index in [1.54, 1.807) is 0 Å². The van der Waals surface area contributed by atoms with Gasteiger partial charge in [0.15, 0.2) is 0 Å². The average molecular weight is 345 g/mol. The monoisotopic (exact) mass is 344 g/mol. The molecule has 0 N–H and O–H groups in total. The van der Waals surface area contributed by atoms with E-state index in [9.17, 15) is 4.57 Å². The zero-order valence-electron chi connectivity index (χ0n) is 11.2. The van der Waals surface area contributed by atoms with Crippen LogP contribution in [0.15, 0.2) is 28.0 Å². The highest BCUT2D eigenvalue weighted by molar-refractivity contribution is 9.10. The maximum Gasteiger partial charge on any atom is 0.357 e. The maximum atomic E-state index is 12.7. The minimum atomic E-state index is -3.11. The van der Waals surface area contributed by atoms with Gasteiger partial charge in [0.1, 0.15) is 0 Å². The number of hydrogen-bond acceptors (Lipinski definition) is 3. The van der Waals surface area contributed by atoms with Gasteiger partial charge in [0.05, 0.1) is 13.2 Å². The summed E-state index contributed by atoms with van der Waals surface area (Å²) in [5.41, 5.74) is 2.36. The van der Waals surface area contributed by atoms with E-state index in [1.807, 2.05) is 32.1 Å². The van der Waals surface area contributed by atoms with Crippen LogP contribution < -0.4 is 0 Å². The Morgan fingerprint density at radius 1 is 1.21 bits per heavy atom. The Morgan fingerprint density at radius 2 is 1.89 bits per heavy atom. The molecule has 0 aromatic heterocycles. The summed E-state index contributed by atoms with van der Waals surface area (Å²) >= 11 is 3.47. The van der Waals surface area contributed by atoms with Gasteiger partial charge >= 0.3 is 7.60 Å². The van der Waals surface area contributed by atoms with Crippen LogP contribution in [-0.2, 0) is 20.0 Å². The Kier molecular flexibility index (Phi) is 5.02. The zero-order valence-corrected chi connectivity index (χ0v) is 13.7. The number of rotatable bonds is 5. The van der Waals surface area contributed by atoms with Crippen LogP contribution in [0.4, 0.5) is 0 Å². The number of halogens is 1. The van der Waals surface area contributed by atoms with Crippen molar-refractivity contribution >= 4 is 29.6 Å². The molecule has 0 bridgehead atoms. The van der Waals surface area contributed by atoms with Gasteiger partial charge in [-0.1, -0.05) is 22.0 Å². The molecule has 0 radical (unpaired) electrons. The highest BCUT2D eigenvalue weighted by Crippen LogP contribution is 2.59. The van der Waals surface area contributed by atoms with Gasteiger partial charge in [-0.05, 0) is 56.0 Å². The molecule has 0 saturated heterocycles. The summed E-state index contributed by atoms with van der Waals surface area (Å²) in [6.07, 6.45) is 3.54. The number of fused-ring (bicyclic) bond motifs is 1. The summed E-state index contributed by atoms with van der Waals surface area (Å²) in [6.45, 7) is 4.45. The molecule has 2 rings (SSSR count). The SMILES string of the molecule is CCOP(=O)(OCC)C1=Cc2ccc(Br)cc2CC1. The van der Waals surface area contributed by atoms with Crippen LogP contribution in [0, 0.1) is 0 Å². The Balaban J connectivity index is 2.35. The average Bonchev–Trinajstić information content (AvgIpc) is 2.38. The first-order valence-electron chi connectivity index (χ1n) is 6.47. The molecular formula is C14H18BrO3P. The fraction of sp³-hybridized carbons (Fsp3) is 0.429. The second-order valence-corrected chi connectivity index (χ2v) is 7.31. The largest absolute Gasteiger partial charge is 0.357 e. The second-order valence-electron chi connectivity index (χ2n) is 4.31. The smallest absolute Gasteiger partial charge is 0.306 e. The molecule has 1 aliphatic rings. The van der Waals surface area contributed by atoms with Crippen molar-refractivity contribution in [3.05, 3.63) is 39.1 Å². The van der Waals surface area contributed by atoms with E-state index in [4.69, 9.17) is 9.05 Å². The molecule has 0 amide bonds. The minimum Gasteiger partial charge on any atom is -0.306 e. The van der Waals surface area contributed by atoms with Crippen LogP contribution >= 0.6 is 23.5 Å². The summed E-state index contributed by atoms with van der Waals surface area (Å²) in [5, 5.41) is 0.783. The number of allylic oxidation sites excluding steroid dienone is 1. The molecule has 0 unspecified atom stereocenters. The molecule has 19 heavy (non-hydrogen) atoms. The highest BCUT2D eigenvalue weighted by Gasteiger charge is 2.31. The zero-order chi connectivity index (χ0) is 13.9. The third kappa shape index (κ3) is 3.38. The van der Waals surface area contributed by atoms with Gasteiger partial charge in [0.2, 0.25) is 0 Å². The topological polar surface area (TPSA) is 35.5 Å². The second kappa shape index (κ2) is 6.36. The van der Waals surface area contributed by atoms with E-state index in [1.165, 1.54) is 5.56 Å². The first-order chi connectivity index (χ1) is 9.09. The summed E-state index contributed by atoms with van der Waals surface area (Å²) in [6, 6.07) is 6.13. The van der Waals surface area contributed by atoms with Crippen molar-refractivity contribution in [1.29, 1.82) is 0 Å². The van der Waals surface area contributed by atoms with Gasteiger partial charge in [-0.25, -0.2) is 0 Å². The van der Waals surface area contributed by atoms with Gasteiger partial charge in [-0.3, -0.25) is 4.57 Å². The van der Waals surface area contributed by atoms with Crippen LogP contribution in [0.2, 0.25) is 0 Å². The van der Waals surface area contributed by atoms with E-state index in [0.717, 1.165) is 28.2 Å². The molecule has 1 aromatic rings. The standard InChI is InChI=1S/C14H18BrO3P/c1-3-17-19(16,18-4-2)14-8-6-11-9-13(15)7-5-12(11)10-14/h5,7,9-10H,3-4,6,8H2,1-2H3. The van der Waals surface area contributed by atoms with E-state index >= 15 is 0 Å². The third-order valence-electron chi connectivity index (χ3n) is 3.03. The van der Waals surface area contributed by atoms with E-state index in [2.05, 4.69) is 22.0 Å². The summed E-state index contributed by atoms with van der Waals surface area (Å²) < 4.78 is 24.6. The van der Waals surface area contributed by atoms with Gasteiger partial charge < -0.3 is 9.05 Å². The Labute approximate surface area is 122 Å². The molecule has 3 nitrogen and oxygen atoms in total. The van der Waals surface area contributed by atoms with Crippen LogP contribution in [0.1, 0.15) is 31.4 Å². The number of benzene rings is 1. The molecular weight excluding hydrogens is 327 g/mol. The van der Waals surface area contributed by atoms with E-state index in [-0.39, 0.29) is 0 Å². The lowest BCUT2D eigenvalue weighted by molar-refractivity contribution is 0.225. The molecule has 0 atom stereocenters. The Hall–Kier alpha value is -0.410. The first-order valence-corrected chi connectivity index (χ1v) is 8.81. The van der Waals surface area contributed by atoms with E-state index < -0.39 is 7.60 Å². The van der Waals surface area contributed by atoms with Gasteiger partial charge in [-0.2, -0.15) is 0 Å². The van der Waals surface area contributed by atoms with Crippen LogP contribution in [0.3, 0.4) is 0 Å². The molecule has 0 spiro atoms. The van der Waals surface area contributed by atoms with Gasteiger partial charge in [0, 0.05) is 9.79 Å². The van der Waals surface area contributed by atoms with Gasteiger partial charge in [0.25, 0.3) is 0 Å². The molecule has 1 aliphatic carbocycles. The number of hydrogen-bond donors (Lipinski definition) is 0. The molecule has 0 heterocycles. The molecule has 104 valence electrons. The van der Waals surface area contributed by atoms with Crippen molar-refractivity contribution in [3.63, 3.8) is 0 Å². The van der Waals surface area contributed by atoms with E-state index in [0.29, 0.717) is 13.2 Å². The lowest BCUT2D eigenvalue weighted by Crippen LogP contribution is -2.04. The summed E-state index contributed by atoms with van der Waals surface area (Å²) in [7, 11) is -3.11. The summed E-state index contributed by atoms with van der Waals surface area (Å²) in [4.78, 5) is 0. The van der Waals surface area contributed by atoms with Crippen molar-refractivity contribution in [1.82, 2.24) is 0 Å². The first kappa shape index (κ1) is 15.0. The molecule has 1 aromatic carbocycles. The predicted octanol–water partition coefficient (Wildman–Crippen LogP) is 5.00. The lowest BCUT2D eigenvalue weighted by atomic mass is 9.98. The Morgan fingerprint density at radius 3 is 2.53 bits per heavy atom. The molecule has 0 aliphatic heterocycles. The molecule has 0 saturated carbocycles. The molecule has 0 fully saturated rings. The normalized spacial score (nSPS) is 15.0. The van der Waals surface area contributed by atoms with Crippen molar-refractivity contribution in [2.75, 3.05) is 13.2 Å². The van der Waals surface area contributed by atoms with Crippen LogP contribution in [-0.4, -0.2) is 13.2 Å². The van der Waals surface area contributed by atoms with Crippen molar-refractivity contribution < 1.29 is 13.6 Å². The fourth-order valence-electron chi connectivity index (χ4n) is 2.21. The van der Waals surface area contributed by atoms with Crippen LogP contribution in [0.25, 0.3) is 6.08 Å².